The van der Waals surface area contributed by atoms with Crippen LogP contribution in [0.3, 0.4) is 0 Å². The molecule has 1 aromatic carbocycles. The van der Waals surface area contributed by atoms with Crippen LogP contribution >= 0.6 is 0 Å². The van der Waals surface area contributed by atoms with E-state index in [-0.39, 0.29) is 12.4 Å². The molecule has 1 aromatic heterocycles. The van der Waals surface area contributed by atoms with Gasteiger partial charge in [-0.25, -0.2) is 4.39 Å². The van der Waals surface area contributed by atoms with Gasteiger partial charge in [-0.3, -0.25) is 9.80 Å². The third kappa shape index (κ3) is 4.82. The van der Waals surface area contributed by atoms with E-state index in [1.165, 1.54) is 0 Å². The first-order chi connectivity index (χ1) is 14.1. The molecule has 2 aromatic rings. The highest BCUT2D eigenvalue weighted by Gasteiger charge is 2.33. The lowest BCUT2D eigenvalue weighted by Gasteiger charge is -2.46. The number of rotatable bonds is 6. The molecule has 2 aliphatic rings. The number of anilines is 1. The number of benzene rings is 1. The van der Waals surface area contributed by atoms with E-state index in [4.69, 9.17) is 4.42 Å². The van der Waals surface area contributed by atoms with Gasteiger partial charge < -0.3 is 14.4 Å². The van der Waals surface area contributed by atoms with E-state index < -0.39 is 0 Å². The van der Waals surface area contributed by atoms with E-state index in [1.807, 2.05) is 25.1 Å². The summed E-state index contributed by atoms with van der Waals surface area (Å²) < 4.78 is 19.9. The van der Waals surface area contributed by atoms with Crippen LogP contribution in [-0.2, 0) is 6.54 Å². The number of aryl methyl sites for hydroxylation is 1. The Balaban J connectivity index is 1.34. The number of aliphatic hydroxyl groups excluding tert-OH is 1. The van der Waals surface area contributed by atoms with Gasteiger partial charge in [0.25, 0.3) is 0 Å². The molecule has 158 valence electrons. The number of piperidine rings is 1. The van der Waals surface area contributed by atoms with Crippen molar-refractivity contribution in [2.75, 3.05) is 44.2 Å². The molecular formula is C23H32FN3O2. The van der Waals surface area contributed by atoms with Crippen LogP contribution in [0.4, 0.5) is 10.1 Å². The highest BCUT2D eigenvalue weighted by atomic mass is 19.1. The van der Waals surface area contributed by atoms with Crippen LogP contribution in [0.15, 0.2) is 40.8 Å². The maximum Gasteiger partial charge on any atom is 0.146 e. The van der Waals surface area contributed by atoms with Crippen LogP contribution in [0, 0.1) is 12.7 Å². The lowest BCUT2D eigenvalue weighted by molar-refractivity contribution is 0.0220. The van der Waals surface area contributed by atoms with Crippen LogP contribution in [-0.4, -0.2) is 66.3 Å². The molecule has 0 aliphatic carbocycles. The SMILES string of the molecule is Cc1ccc(CN2CCN(C3CCN(c4ccccc4F)CC3)C[C@H]2CCO)o1. The van der Waals surface area contributed by atoms with Crippen molar-refractivity contribution >= 4 is 5.69 Å². The molecule has 2 fully saturated rings. The lowest BCUT2D eigenvalue weighted by atomic mass is 9.99. The lowest BCUT2D eigenvalue weighted by Crippen LogP contribution is -2.57. The molecule has 0 saturated carbocycles. The number of nitrogens with zero attached hydrogens (tertiary/aromatic N) is 3. The standard InChI is InChI=1S/C23H32FN3O2/c1-18-6-7-21(29-18)17-27-14-13-26(16-20(27)10-15-28)19-8-11-25(12-9-19)23-5-3-2-4-22(23)24/h2-7,19-20,28H,8-17H2,1H3/t20-/m1/s1. The summed E-state index contributed by atoms with van der Waals surface area (Å²) in [7, 11) is 0. The summed E-state index contributed by atoms with van der Waals surface area (Å²) in [5.74, 6) is 1.81. The van der Waals surface area contributed by atoms with Gasteiger partial charge in [0.15, 0.2) is 0 Å². The van der Waals surface area contributed by atoms with Crippen molar-refractivity contribution in [1.82, 2.24) is 9.80 Å². The molecule has 0 radical (unpaired) electrons. The number of halogens is 1. The second-order valence-electron chi connectivity index (χ2n) is 8.31. The smallest absolute Gasteiger partial charge is 0.146 e. The molecule has 0 bridgehead atoms. The zero-order valence-corrected chi connectivity index (χ0v) is 17.3. The Morgan fingerprint density at radius 2 is 1.86 bits per heavy atom. The fraction of sp³-hybridized carbons (Fsp3) is 0.565. The van der Waals surface area contributed by atoms with Crippen molar-refractivity contribution < 1.29 is 13.9 Å². The minimum atomic E-state index is -0.129. The highest BCUT2D eigenvalue weighted by Crippen LogP contribution is 2.27. The van der Waals surface area contributed by atoms with Crippen LogP contribution < -0.4 is 4.90 Å². The molecule has 5 nitrogen and oxygen atoms in total. The molecule has 1 N–H and O–H groups in total. The van der Waals surface area contributed by atoms with Crippen LogP contribution in [0.25, 0.3) is 0 Å². The Morgan fingerprint density at radius 3 is 2.55 bits per heavy atom. The van der Waals surface area contributed by atoms with Gasteiger partial charge in [0.05, 0.1) is 12.2 Å². The van der Waals surface area contributed by atoms with Crippen LogP contribution in [0.2, 0.25) is 0 Å². The number of piperazine rings is 1. The Bertz CT molecular complexity index is 788. The van der Waals surface area contributed by atoms with Gasteiger partial charge in [0, 0.05) is 51.4 Å². The second-order valence-corrected chi connectivity index (χ2v) is 8.31. The number of para-hydroxylation sites is 1. The molecule has 2 saturated heterocycles. The first-order valence-electron chi connectivity index (χ1n) is 10.8. The maximum atomic E-state index is 14.1. The molecule has 3 heterocycles. The molecule has 0 amide bonds. The molecule has 0 spiro atoms. The number of hydrogen-bond donors (Lipinski definition) is 1. The van der Waals surface area contributed by atoms with Crippen molar-refractivity contribution in [3.8, 4) is 0 Å². The predicted molar refractivity (Wildman–Crippen MR) is 113 cm³/mol. The van der Waals surface area contributed by atoms with E-state index in [9.17, 15) is 9.50 Å². The second kappa shape index (κ2) is 9.28. The first-order valence-corrected chi connectivity index (χ1v) is 10.8. The number of furan rings is 1. The van der Waals surface area contributed by atoms with Crippen molar-refractivity contribution in [1.29, 1.82) is 0 Å². The highest BCUT2D eigenvalue weighted by molar-refractivity contribution is 5.47. The van der Waals surface area contributed by atoms with E-state index in [0.717, 1.165) is 75.7 Å². The molecule has 6 heteroatoms. The first kappa shape index (κ1) is 20.4. The molecule has 1 atom stereocenters. The normalized spacial score (nSPS) is 22.3. The largest absolute Gasteiger partial charge is 0.465 e. The Morgan fingerprint density at radius 1 is 1.07 bits per heavy atom. The van der Waals surface area contributed by atoms with Gasteiger partial charge in [0.1, 0.15) is 17.3 Å². The average Bonchev–Trinajstić information content (AvgIpc) is 3.15. The van der Waals surface area contributed by atoms with Gasteiger partial charge in [0.2, 0.25) is 0 Å². The maximum absolute atomic E-state index is 14.1. The summed E-state index contributed by atoms with van der Waals surface area (Å²) in [6, 6.07) is 12.0. The van der Waals surface area contributed by atoms with Crippen LogP contribution in [0.1, 0.15) is 30.8 Å². The van der Waals surface area contributed by atoms with Crippen molar-refractivity contribution in [3.05, 3.63) is 53.7 Å². The zero-order valence-electron chi connectivity index (χ0n) is 17.3. The fourth-order valence-electron chi connectivity index (χ4n) is 4.83. The average molecular weight is 402 g/mol. The Labute approximate surface area is 172 Å². The molecule has 29 heavy (non-hydrogen) atoms. The number of hydrogen-bond acceptors (Lipinski definition) is 5. The molecular weight excluding hydrogens is 369 g/mol. The van der Waals surface area contributed by atoms with E-state index in [1.54, 1.807) is 12.1 Å². The van der Waals surface area contributed by atoms with E-state index in [0.29, 0.717) is 12.1 Å². The van der Waals surface area contributed by atoms with Gasteiger partial charge in [-0.15, -0.1) is 0 Å². The minimum absolute atomic E-state index is 0.129. The van der Waals surface area contributed by atoms with Crippen molar-refractivity contribution in [3.63, 3.8) is 0 Å². The quantitative estimate of drug-likeness (QED) is 0.805. The molecule has 2 aliphatic heterocycles. The predicted octanol–water partition coefficient (Wildman–Crippen LogP) is 3.26. The number of aliphatic hydroxyl groups is 1. The van der Waals surface area contributed by atoms with Crippen molar-refractivity contribution in [2.45, 2.75) is 44.8 Å². The minimum Gasteiger partial charge on any atom is -0.465 e. The van der Waals surface area contributed by atoms with Crippen molar-refractivity contribution in [2.24, 2.45) is 0 Å². The van der Waals surface area contributed by atoms with Gasteiger partial charge in [-0.1, -0.05) is 12.1 Å². The third-order valence-corrected chi connectivity index (χ3v) is 6.43. The summed E-state index contributed by atoms with van der Waals surface area (Å²) in [5, 5.41) is 9.58. The van der Waals surface area contributed by atoms with Gasteiger partial charge in [-0.2, -0.15) is 0 Å². The summed E-state index contributed by atoms with van der Waals surface area (Å²) in [6.07, 6.45) is 2.89. The summed E-state index contributed by atoms with van der Waals surface area (Å²) >= 11 is 0. The Kier molecular flexibility index (Phi) is 6.53. The van der Waals surface area contributed by atoms with Crippen LogP contribution in [0.5, 0.6) is 0 Å². The molecule has 4 rings (SSSR count). The monoisotopic (exact) mass is 401 g/mol. The zero-order chi connectivity index (χ0) is 20.2. The van der Waals surface area contributed by atoms with E-state index >= 15 is 0 Å². The fourth-order valence-corrected chi connectivity index (χ4v) is 4.83. The summed E-state index contributed by atoms with van der Waals surface area (Å²) in [6.45, 7) is 7.76. The summed E-state index contributed by atoms with van der Waals surface area (Å²) in [5.41, 5.74) is 0.725. The summed E-state index contributed by atoms with van der Waals surface area (Å²) in [4.78, 5) is 7.20. The van der Waals surface area contributed by atoms with Gasteiger partial charge >= 0.3 is 0 Å². The third-order valence-electron chi connectivity index (χ3n) is 6.43. The molecule has 0 unspecified atom stereocenters. The topological polar surface area (TPSA) is 43.1 Å². The van der Waals surface area contributed by atoms with E-state index in [2.05, 4.69) is 20.8 Å². The Hall–Kier alpha value is -1.89. The van der Waals surface area contributed by atoms with Gasteiger partial charge in [-0.05, 0) is 50.5 Å².